The van der Waals surface area contributed by atoms with Crippen molar-refractivity contribution in [1.82, 2.24) is 10.2 Å². The van der Waals surface area contributed by atoms with E-state index in [4.69, 9.17) is 0 Å². The molecule has 1 saturated heterocycles. The summed E-state index contributed by atoms with van der Waals surface area (Å²) in [4.78, 5) is 2.62. The van der Waals surface area contributed by atoms with Crippen LogP contribution in [0.15, 0.2) is 30.3 Å². The average Bonchev–Trinajstić information content (AvgIpc) is 2.54. The lowest BCUT2D eigenvalue weighted by atomic mass is 9.97. The Balaban J connectivity index is 1.66. The molecule has 0 spiro atoms. The molecule has 0 saturated carbocycles. The van der Waals surface area contributed by atoms with Gasteiger partial charge in [-0.2, -0.15) is 0 Å². The SMILES string of the molecule is CCC(C)C(C)NC1CCN(CCc2ccccc2)CC1. The second-order valence-electron chi connectivity index (χ2n) is 6.69. The van der Waals surface area contributed by atoms with Crippen molar-refractivity contribution < 1.29 is 0 Å². The minimum absolute atomic E-state index is 0.649. The maximum absolute atomic E-state index is 3.84. The summed E-state index contributed by atoms with van der Waals surface area (Å²) in [5, 5.41) is 3.84. The summed E-state index contributed by atoms with van der Waals surface area (Å²) in [6, 6.07) is 12.2. The van der Waals surface area contributed by atoms with Crippen molar-refractivity contribution >= 4 is 0 Å². The fourth-order valence-corrected chi connectivity index (χ4v) is 3.14. The van der Waals surface area contributed by atoms with E-state index < -0.39 is 0 Å². The van der Waals surface area contributed by atoms with E-state index in [9.17, 15) is 0 Å². The van der Waals surface area contributed by atoms with E-state index in [1.807, 2.05) is 0 Å². The summed E-state index contributed by atoms with van der Waals surface area (Å²) in [6.07, 6.45) is 5.05. The van der Waals surface area contributed by atoms with Gasteiger partial charge < -0.3 is 10.2 Å². The van der Waals surface area contributed by atoms with Crippen LogP contribution in [-0.4, -0.2) is 36.6 Å². The Morgan fingerprint density at radius 3 is 2.43 bits per heavy atom. The van der Waals surface area contributed by atoms with Gasteiger partial charge in [-0.25, -0.2) is 0 Å². The van der Waals surface area contributed by atoms with Gasteiger partial charge in [0.15, 0.2) is 0 Å². The van der Waals surface area contributed by atoms with E-state index in [1.165, 1.54) is 50.9 Å². The van der Waals surface area contributed by atoms with Crippen LogP contribution in [0.25, 0.3) is 0 Å². The highest BCUT2D eigenvalue weighted by atomic mass is 15.1. The van der Waals surface area contributed by atoms with Gasteiger partial charge in [0.05, 0.1) is 0 Å². The van der Waals surface area contributed by atoms with Crippen LogP contribution in [0.5, 0.6) is 0 Å². The molecule has 1 aliphatic rings. The summed E-state index contributed by atoms with van der Waals surface area (Å²) >= 11 is 0. The zero-order valence-corrected chi connectivity index (χ0v) is 14.0. The predicted molar refractivity (Wildman–Crippen MR) is 91.7 cm³/mol. The van der Waals surface area contributed by atoms with Gasteiger partial charge in [-0.1, -0.05) is 50.6 Å². The number of hydrogen-bond donors (Lipinski definition) is 1. The molecule has 1 heterocycles. The molecule has 2 unspecified atom stereocenters. The van der Waals surface area contributed by atoms with Gasteiger partial charge in [0.25, 0.3) is 0 Å². The molecule has 2 atom stereocenters. The highest BCUT2D eigenvalue weighted by molar-refractivity contribution is 5.14. The topological polar surface area (TPSA) is 15.3 Å². The third kappa shape index (κ3) is 5.44. The van der Waals surface area contributed by atoms with Crippen molar-refractivity contribution in [2.75, 3.05) is 19.6 Å². The number of hydrogen-bond acceptors (Lipinski definition) is 2. The third-order valence-corrected chi connectivity index (χ3v) is 5.14. The quantitative estimate of drug-likeness (QED) is 0.822. The first-order valence-electron chi connectivity index (χ1n) is 8.71. The van der Waals surface area contributed by atoms with Gasteiger partial charge >= 0.3 is 0 Å². The van der Waals surface area contributed by atoms with Crippen LogP contribution < -0.4 is 5.32 Å². The van der Waals surface area contributed by atoms with Crippen LogP contribution in [0.4, 0.5) is 0 Å². The van der Waals surface area contributed by atoms with E-state index in [0.717, 1.165) is 12.0 Å². The molecule has 2 nitrogen and oxygen atoms in total. The van der Waals surface area contributed by atoms with Gasteiger partial charge in [0.1, 0.15) is 0 Å². The second-order valence-corrected chi connectivity index (χ2v) is 6.69. The van der Waals surface area contributed by atoms with E-state index >= 15 is 0 Å². The predicted octanol–water partition coefficient (Wildman–Crippen LogP) is 3.72. The zero-order chi connectivity index (χ0) is 15.1. The molecule has 118 valence electrons. The van der Waals surface area contributed by atoms with Gasteiger partial charge in [0.2, 0.25) is 0 Å². The first-order valence-corrected chi connectivity index (χ1v) is 8.71. The maximum atomic E-state index is 3.84. The van der Waals surface area contributed by atoms with Crippen LogP contribution in [0.1, 0.15) is 45.6 Å². The van der Waals surface area contributed by atoms with Crippen molar-refractivity contribution in [2.24, 2.45) is 5.92 Å². The first-order chi connectivity index (χ1) is 10.2. The minimum atomic E-state index is 0.649. The van der Waals surface area contributed by atoms with Crippen molar-refractivity contribution in [2.45, 2.75) is 58.5 Å². The molecule has 21 heavy (non-hydrogen) atoms. The van der Waals surface area contributed by atoms with Crippen LogP contribution >= 0.6 is 0 Å². The lowest BCUT2D eigenvalue weighted by molar-refractivity contribution is 0.186. The van der Waals surface area contributed by atoms with Crippen LogP contribution in [0, 0.1) is 5.92 Å². The van der Waals surface area contributed by atoms with Crippen LogP contribution in [-0.2, 0) is 6.42 Å². The van der Waals surface area contributed by atoms with Gasteiger partial charge in [0, 0.05) is 18.6 Å². The summed E-state index contributed by atoms with van der Waals surface area (Å²) in [5.41, 5.74) is 1.46. The second kappa shape index (κ2) is 8.55. The fraction of sp³-hybridized carbons (Fsp3) is 0.684. The van der Waals surface area contributed by atoms with Crippen molar-refractivity contribution in [3.8, 4) is 0 Å². The number of rotatable bonds is 7. The Morgan fingerprint density at radius 2 is 1.81 bits per heavy atom. The Morgan fingerprint density at radius 1 is 1.14 bits per heavy atom. The van der Waals surface area contributed by atoms with Gasteiger partial charge in [-0.05, 0) is 50.8 Å². The molecule has 0 aromatic heterocycles. The summed E-state index contributed by atoms with van der Waals surface area (Å²) in [5.74, 6) is 0.779. The van der Waals surface area contributed by atoms with E-state index in [1.54, 1.807) is 0 Å². The molecule has 0 radical (unpaired) electrons. The molecule has 2 rings (SSSR count). The largest absolute Gasteiger partial charge is 0.311 e. The molecular formula is C19H32N2. The molecule has 1 aromatic carbocycles. The zero-order valence-electron chi connectivity index (χ0n) is 14.0. The number of likely N-dealkylation sites (tertiary alicyclic amines) is 1. The van der Waals surface area contributed by atoms with Crippen molar-refractivity contribution in [3.05, 3.63) is 35.9 Å². The smallest absolute Gasteiger partial charge is 0.00940 e. The first kappa shape index (κ1) is 16.5. The Labute approximate surface area is 130 Å². The summed E-state index contributed by atoms with van der Waals surface area (Å²) < 4.78 is 0. The Bertz CT molecular complexity index is 382. The number of piperidine rings is 1. The Kier molecular flexibility index (Phi) is 6.72. The molecular weight excluding hydrogens is 256 g/mol. The number of nitrogens with zero attached hydrogens (tertiary/aromatic N) is 1. The van der Waals surface area contributed by atoms with Gasteiger partial charge in [-0.15, -0.1) is 0 Å². The molecule has 0 amide bonds. The van der Waals surface area contributed by atoms with Crippen molar-refractivity contribution in [1.29, 1.82) is 0 Å². The van der Waals surface area contributed by atoms with Crippen LogP contribution in [0.2, 0.25) is 0 Å². The number of nitrogens with one attached hydrogen (secondary N) is 1. The molecule has 1 aromatic rings. The van der Waals surface area contributed by atoms with E-state index in [0.29, 0.717) is 6.04 Å². The van der Waals surface area contributed by atoms with E-state index in [2.05, 4.69) is 61.3 Å². The summed E-state index contributed by atoms with van der Waals surface area (Å²) in [6.45, 7) is 10.7. The third-order valence-electron chi connectivity index (χ3n) is 5.14. The standard InChI is InChI=1S/C19H32N2/c1-4-16(2)17(3)20-19-11-14-21(15-12-19)13-10-18-8-6-5-7-9-18/h5-9,16-17,19-20H,4,10-15H2,1-3H3. The average molecular weight is 288 g/mol. The lowest BCUT2D eigenvalue weighted by Gasteiger charge is -2.35. The maximum Gasteiger partial charge on any atom is 0.00940 e. The normalized spacial score (nSPS) is 20.3. The Hall–Kier alpha value is -0.860. The molecule has 0 aliphatic carbocycles. The van der Waals surface area contributed by atoms with Gasteiger partial charge in [-0.3, -0.25) is 0 Å². The summed E-state index contributed by atoms with van der Waals surface area (Å²) in [7, 11) is 0. The van der Waals surface area contributed by atoms with Crippen LogP contribution in [0.3, 0.4) is 0 Å². The van der Waals surface area contributed by atoms with E-state index in [-0.39, 0.29) is 0 Å². The monoisotopic (exact) mass is 288 g/mol. The van der Waals surface area contributed by atoms with Crippen molar-refractivity contribution in [3.63, 3.8) is 0 Å². The number of benzene rings is 1. The molecule has 1 aliphatic heterocycles. The molecule has 2 heteroatoms. The molecule has 0 bridgehead atoms. The fourth-order valence-electron chi connectivity index (χ4n) is 3.14. The highest BCUT2D eigenvalue weighted by Crippen LogP contribution is 2.15. The lowest BCUT2D eigenvalue weighted by Crippen LogP contribution is -2.47. The minimum Gasteiger partial charge on any atom is -0.311 e. The highest BCUT2D eigenvalue weighted by Gasteiger charge is 2.21. The molecule has 1 fully saturated rings. The molecule has 1 N–H and O–H groups in total.